The van der Waals surface area contributed by atoms with Gasteiger partial charge in [-0.1, -0.05) is 30.5 Å². The molecule has 0 radical (unpaired) electrons. The molecule has 0 aromatic heterocycles. The summed E-state index contributed by atoms with van der Waals surface area (Å²) in [5.41, 5.74) is 0.646. The van der Waals surface area contributed by atoms with Crippen molar-refractivity contribution in [2.45, 2.75) is 58.3 Å². The second kappa shape index (κ2) is 5.74. The van der Waals surface area contributed by atoms with Crippen LogP contribution in [-0.2, 0) is 10.7 Å². The van der Waals surface area contributed by atoms with Gasteiger partial charge in [-0.05, 0) is 43.7 Å². The van der Waals surface area contributed by atoms with Crippen molar-refractivity contribution < 1.29 is 18.7 Å². The largest absolute Gasteiger partial charge is 0.481 e. The van der Waals surface area contributed by atoms with E-state index in [1.54, 1.807) is 19.9 Å². The average molecular weight is 296 g/mol. The molecule has 1 aliphatic rings. The van der Waals surface area contributed by atoms with Crippen LogP contribution in [0.25, 0.3) is 0 Å². The lowest BCUT2D eigenvalue weighted by molar-refractivity contribution is -0.141. The first-order valence-electron chi connectivity index (χ1n) is 7.42. The Morgan fingerprint density at radius 3 is 2.48 bits per heavy atom. The Bertz CT molecular complexity index is 532. The molecule has 2 nitrogen and oxygen atoms in total. The molecule has 4 heteroatoms. The van der Waals surface area contributed by atoms with Gasteiger partial charge >= 0.3 is 5.97 Å². The van der Waals surface area contributed by atoms with Gasteiger partial charge in [-0.2, -0.15) is 0 Å². The number of aliphatic carboxylic acids is 1. The molecule has 0 unspecified atom stereocenters. The Hall–Kier alpha value is -1.45. The van der Waals surface area contributed by atoms with Crippen LogP contribution in [0.1, 0.15) is 55.2 Å². The van der Waals surface area contributed by atoms with Crippen LogP contribution in [0.15, 0.2) is 18.2 Å². The summed E-state index contributed by atoms with van der Waals surface area (Å²) in [6.45, 7) is 3.48. The lowest BCUT2D eigenvalue weighted by Crippen LogP contribution is -2.30. The summed E-state index contributed by atoms with van der Waals surface area (Å²) < 4.78 is 29.5. The monoisotopic (exact) mass is 296 g/mol. The molecule has 1 aliphatic carbocycles. The van der Waals surface area contributed by atoms with E-state index in [2.05, 4.69) is 0 Å². The van der Waals surface area contributed by atoms with Gasteiger partial charge in [0.25, 0.3) is 5.92 Å². The number of hydrogen-bond donors (Lipinski definition) is 1. The third kappa shape index (κ3) is 3.60. The van der Waals surface area contributed by atoms with Gasteiger partial charge in [0, 0.05) is 12.0 Å². The van der Waals surface area contributed by atoms with Crippen LogP contribution < -0.4 is 0 Å². The van der Waals surface area contributed by atoms with Crippen molar-refractivity contribution in [1.82, 2.24) is 0 Å². The molecule has 0 aliphatic heterocycles. The molecule has 1 aromatic carbocycles. The standard InChI is InChI=1S/C17H22F2O2/c1-12-5-6-13(2)14(9-12)17(18,19)11-16(10-15(20)21)7-3-4-8-16/h5-6,9H,3-4,7-8,10-11H2,1-2H3,(H,20,21). The number of benzene rings is 1. The zero-order chi connectivity index (χ0) is 15.7. The maximum Gasteiger partial charge on any atom is 0.303 e. The number of alkyl halides is 2. The maximum absolute atomic E-state index is 14.8. The highest BCUT2D eigenvalue weighted by Gasteiger charge is 2.46. The number of hydrogen-bond acceptors (Lipinski definition) is 1. The molecule has 0 spiro atoms. The third-order valence-electron chi connectivity index (χ3n) is 4.57. The minimum absolute atomic E-state index is 0.0409. The second-order valence-corrected chi connectivity index (χ2v) is 6.48. The van der Waals surface area contributed by atoms with E-state index in [9.17, 15) is 13.6 Å². The van der Waals surface area contributed by atoms with Gasteiger partial charge in [-0.15, -0.1) is 0 Å². The van der Waals surface area contributed by atoms with Crippen LogP contribution in [0.3, 0.4) is 0 Å². The highest BCUT2D eigenvalue weighted by molar-refractivity contribution is 5.67. The van der Waals surface area contributed by atoms with E-state index in [0.29, 0.717) is 18.4 Å². The predicted octanol–water partition coefficient (Wildman–Crippen LogP) is 4.82. The van der Waals surface area contributed by atoms with Crippen molar-refractivity contribution in [3.05, 3.63) is 34.9 Å². The van der Waals surface area contributed by atoms with Gasteiger partial charge < -0.3 is 5.11 Å². The highest BCUT2D eigenvalue weighted by atomic mass is 19.3. The summed E-state index contributed by atoms with van der Waals surface area (Å²) in [6.07, 6.45) is 2.33. The molecule has 0 heterocycles. The number of aryl methyl sites for hydroxylation is 2. The average Bonchev–Trinajstić information content (AvgIpc) is 2.78. The van der Waals surface area contributed by atoms with E-state index in [-0.39, 0.29) is 18.4 Å². The summed E-state index contributed by atoms with van der Waals surface area (Å²) in [5.74, 6) is -3.95. The second-order valence-electron chi connectivity index (χ2n) is 6.48. The Balaban J connectivity index is 2.30. The molecule has 21 heavy (non-hydrogen) atoms. The van der Waals surface area contributed by atoms with Crippen LogP contribution in [-0.4, -0.2) is 11.1 Å². The van der Waals surface area contributed by atoms with Gasteiger partial charge in [-0.25, -0.2) is 8.78 Å². The fraction of sp³-hybridized carbons (Fsp3) is 0.588. The van der Waals surface area contributed by atoms with Gasteiger partial charge in [0.2, 0.25) is 0 Å². The smallest absolute Gasteiger partial charge is 0.303 e. The Kier molecular flexibility index (Phi) is 4.35. The third-order valence-corrected chi connectivity index (χ3v) is 4.57. The molecular weight excluding hydrogens is 274 g/mol. The first-order chi connectivity index (χ1) is 9.74. The van der Waals surface area contributed by atoms with E-state index >= 15 is 0 Å². The minimum Gasteiger partial charge on any atom is -0.481 e. The summed E-state index contributed by atoms with van der Waals surface area (Å²) in [6, 6.07) is 5.05. The van der Waals surface area contributed by atoms with E-state index in [1.807, 2.05) is 6.07 Å². The van der Waals surface area contributed by atoms with Crippen molar-refractivity contribution in [1.29, 1.82) is 0 Å². The topological polar surface area (TPSA) is 37.3 Å². The highest BCUT2D eigenvalue weighted by Crippen LogP contribution is 2.51. The fourth-order valence-corrected chi connectivity index (χ4v) is 3.56. The van der Waals surface area contributed by atoms with Gasteiger partial charge in [0.15, 0.2) is 0 Å². The summed E-state index contributed by atoms with van der Waals surface area (Å²) in [4.78, 5) is 11.1. The number of halogens is 2. The zero-order valence-corrected chi connectivity index (χ0v) is 12.6. The number of rotatable bonds is 5. The first-order valence-corrected chi connectivity index (χ1v) is 7.42. The maximum atomic E-state index is 14.8. The number of carbonyl (C=O) groups is 1. The molecule has 1 fully saturated rings. The van der Waals surface area contributed by atoms with Crippen molar-refractivity contribution in [2.24, 2.45) is 5.41 Å². The van der Waals surface area contributed by atoms with Gasteiger partial charge in [0.05, 0.1) is 6.42 Å². The zero-order valence-electron chi connectivity index (χ0n) is 12.6. The lowest BCUT2D eigenvalue weighted by atomic mass is 9.75. The van der Waals surface area contributed by atoms with Crippen LogP contribution in [0, 0.1) is 19.3 Å². The van der Waals surface area contributed by atoms with Crippen molar-refractivity contribution in [3.63, 3.8) is 0 Å². The van der Waals surface area contributed by atoms with E-state index in [4.69, 9.17) is 5.11 Å². The van der Waals surface area contributed by atoms with Crippen molar-refractivity contribution >= 4 is 5.97 Å². The van der Waals surface area contributed by atoms with Gasteiger partial charge in [0.1, 0.15) is 0 Å². The first kappa shape index (κ1) is 15.9. The number of carboxylic acids is 1. The van der Waals surface area contributed by atoms with Crippen LogP contribution in [0.2, 0.25) is 0 Å². The predicted molar refractivity (Wildman–Crippen MR) is 77.6 cm³/mol. The normalized spacial score (nSPS) is 17.9. The Morgan fingerprint density at radius 2 is 1.90 bits per heavy atom. The molecule has 0 bridgehead atoms. The molecule has 0 amide bonds. The molecule has 2 rings (SSSR count). The lowest BCUT2D eigenvalue weighted by Gasteiger charge is -2.32. The van der Waals surface area contributed by atoms with Crippen molar-refractivity contribution in [3.8, 4) is 0 Å². The van der Waals surface area contributed by atoms with Crippen molar-refractivity contribution in [2.75, 3.05) is 0 Å². The van der Waals surface area contributed by atoms with Crippen LogP contribution in [0.5, 0.6) is 0 Å². The molecule has 1 saturated carbocycles. The number of carboxylic acid groups (broad SMARTS) is 1. The molecule has 0 saturated heterocycles. The van der Waals surface area contributed by atoms with Crippen LogP contribution >= 0.6 is 0 Å². The molecular formula is C17H22F2O2. The quantitative estimate of drug-likeness (QED) is 0.845. The Morgan fingerprint density at radius 1 is 1.29 bits per heavy atom. The molecule has 0 atom stereocenters. The van der Waals surface area contributed by atoms with Gasteiger partial charge in [-0.3, -0.25) is 4.79 Å². The molecule has 1 N–H and O–H groups in total. The van der Waals surface area contributed by atoms with E-state index in [1.165, 1.54) is 6.07 Å². The minimum atomic E-state index is -2.98. The SMILES string of the molecule is Cc1ccc(C)c(C(F)(F)CC2(CC(=O)O)CCCC2)c1. The molecule has 116 valence electrons. The summed E-state index contributed by atoms with van der Waals surface area (Å²) in [5, 5.41) is 9.06. The fourth-order valence-electron chi connectivity index (χ4n) is 3.56. The summed E-state index contributed by atoms with van der Waals surface area (Å²) in [7, 11) is 0. The summed E-state index contributed by atoms with van der Waals surface area (Å²) >= 11 is 0. The van der Waals surface area contributed by atoms with Crippen LogP contribution in [0.4, 0.5) is 8.78 Å². The molecule has 1 aromatic rings. The van der Waals surface area contributed by atoms with E-state index in [0.717, 1.165) is 18.4 Å². The van der Waals surface area contributed by atoms with E-state index < -0.39 is 17.3 Å². The Labute approximate surface area is 124 Å².